The molecule has 0 bridgehead atoms. The molecule has 1 aromatic heterocycles. The van der Waals surface area contributed by atoms with Gasteiger partial charge in [0.05, 0.1) is 30.4 Å². The smallest absolute Gasteiger partial charge is 0.228 e. The van der Waals surface area contributed by atoms with Gasteiger partial charge in [0.1, 0.15) is 5.75 Å². The lowest BCUT2D eigenvalue weighted by atomic mass is 10.3. The first kappa shape index (κ1) is 13.8. The molecule has 1 amide bonds. The summed E-state index contributed by atoms with van der Waals surface area (Å²) in [5, 5.41) is 3.38. The summed E-state index contributed by atoms with van der Waals surface area (Å²) >= 11 is 1.43. The number of fused-ring (bicyclic) bond motifs is 1. The predicted octanol–water partition coefficient (Wildman–Crippen LogP) is 2.67. The largest absolute Gasteiger partial charge is 0.497 e. The summed E-state index contributed by atoms with van der Waals surface area (Å²) < 4.78 is 11.3. The van der Waals surface area contributed by atoms with E-state index >= 15 is 0 Å². The number of ether oxygens (including phenoxy) is 2. The second-order valence-corrected chi connectivity index (χ2v) is 4.88. The van der Waals surface area contributed by atoms with Gasteiger partial charge >= 0.3 is 0 Å². The first-order valence-corrected chi connectivity index (χ1v) is 6.86. The van der Waals surface area contributed by atoms with Gasteiger partial charge in [0.15, 0.2) is 5.13 Å². The topological polar surface area (TPSA) is 60.5 Å². The lowest BCUT2D eigenvalue weighted by molar-refractivity contribution is -0.117. The average Bonchev–Trinajstić information content (AvgIpc) is 2.79. The first-order chi connectivity index (χ1) is 9.22. The van der Waals surface area contributed by atoms with E-state index in [0.717, 1.165) is 16.0 Å². The second-order valence-electron chi connectivity index (χ2n) is 3.85. The Labute approximate surface area is 115 Å². The van der Waals surface area contributed by atoms with Crippen molar-refractivity contribution in [2.75, 3.05) is 25.6 Å². The van der Waals surface area contributed by atoms with Crippen LogP contribution < -0.4 is 10.1 Å². The molecular weight excluding hydrogens is 264 g/mol. The van der Waals surface area contributed by atoms with E-state index in [0.29, 0.717) is 24.8 Å². The highest BCUT2D eigenvalue weighted by atomic mass is 32.1. The van der Waals surface area contributed by atoms with Gasteiger partial charge in [0.25, 0.3) is 0 Å². The third kappa shape index (κ3) is 3.65. The number of carbonyl (C=O) groups excluding carboxylic acids is 1. The Kier molecular flexibility index (Phi) is 4.70. The molecule has 102 valence electrons. The van der Waals surface area contributed by atoms with Crippen molar-refractivity contribution in [3.05, 3.63) is 18.2 Å². The summed E-state index contributed by atoms with van der Waals surface area (Å²) in [6.45, 7) is 2.95. The van der Waals surface area contributed by atoms with E-state index in [1.165, 1.54) is 11.3 Å². The van der Waals surface area contributed by atoms with Gasteiger partial charge in [0.2, 0.25) is 5.91 Å². The summed E-state index contributed by atoms with van der Waals surface area (Å²) in [4.78, 5) is 16.0. The van der Waals surface area contributed by atoms with Crippen molar-refractivity contribution in [2.24, 2.45) is 0 Å². The summed E-state index contributed by atoms with van der Waals surface area (Å²) in [5.74, 6) is 0.699. The van der Waals surface area contributed by atoms with Crippen molar-refractivity contribution in [3.8, 4) is 5.75 Å². The normalized spacial score (nSPS) is 10.6. The third-order valence-corrected chi connectivity index (χ3v) is 3.45. The Hall–Kier alpha value is -1.66. The average molecular weight is 280 g/mol. The van der Waals surface area contributed by atoms with E-state index in [-0.39, 0.29) is 5.91 Å². The minimum absolute atomic E-state index is 0.0838. The Balaban J connectivity index is 2.02. The van der Waals surface area contributed by atoms with Crippen LogP contribution >= 0.6 is 11.3 Å². The van der Waals surface area contributed by atoms with Gasteiger partial charge in [-0.15, -0.1) is 0 Å². The molecule has 0 saturated heterocycles. The molecule has 0 radical (unpaired) electrons. The number of rotatable bonds is 6. The molecule has 0 aliphatic heterocycles. The second kappa shape index (κ2) is 6.49. The first-order valence-electron chi connectivity index (χ1n) is 6.05. The van der Waals surface area contributed by atoms with E-state index in [9.17, 15) is 4.79 Å². The highest BCUT2D eigenvalue weighted by molar-refractivity contribution is 7.22. The zero-order valence-electron chi connectivity index (χ0n) is 10.9. The number of carbonyl (C=O) groups is 1. The molecule has 1 aromatic carbocycles. The minimum Gasteiger partial charge on any atom is -0.497 e. The van der Waals surface area contributed by atoms with Crippen molar-refractivity contribution in [1.29, 1.82) is 0 Å². The summed E-state index contributed by atoms with van der Waals surface area (Å²) in [7, 11) is 1.62. The predicted molar refractivity (Wildman–Crippen MR) is 75.9 cm³/mol. The number of nitrogens with zero attached hydrogens (tertiary/aromatic N) is 1. The lowest BCUT2D eigenvalue weighted by Crippen LogP contribution is -2.13. The van der Waals surface area contributed by atoms with Crippen LogP contribution in [0.2, 0.25) is 0 Å². The van der Waals surface area contributed by atoms with Crippen LogP contribution in [0.25, 0.3) is 10.2 Å². The number of hydrogen-bond donors (Lipinski definition) is 1. The fourth-order valence-corrected chi connectivity index (χ4v) is 2.49. The highest BCUT2D eigenvalue weighted by Crippen LogP contribution is 2.29. The number of thiazole rings is 1. The van der Waals surface area contributed by atoms with E-state index in [1.807, 2.05) is 25.1 Å². The van der Waals surface area contributed by atoms with Crippen molar-refractivity contribution in [2.45, 2.75) is 13.3 Å². The lowest BCUT2D eigenvalue weighted by Gasteiger charge is -2.01. The molecular formula is C13H16N2O3S. The van der Waals surface area contributed by atoms with Crippen LogP contribution in [0.15, 0.2) is 18.2 Å². The number of nitrogens with one attached hydrogen (secondary N) is 1. The van der Waals surface area contributed by atoms with Crippen LogP contribution in [-0.4, -0.2) is 31.2 Å². The Morgan fingerprint density at radius 2 is 2.32 bits per heavy atom. The SMILES string of the molecule is CCOCCC(=O)Nc1nc2ccc(OC)cc2s1. The molecule has 1 N–H and O–H groups in total. The molecule has 2 aromatic rings. The van der Waals surface area contributed by atoms with Crippen LogP contribution in [0.5, 0.6) is 5.75 Å². The van der Waals surface area contributed by atoms with Gasteiger partial charge in [0, 0.05) is 6.61 Å². The summed E-state index contributed by atoms with van der Waals surface area (Å²) in [6, 6.07) is 5.63. The van der Waals surface area contributed by atoms with Gasteiger partial charge < -0.3 is 14.8 Å². The maximum absolute atomic E-state index is 11.6. The zero-order chi connectivity index (χ0) is 13.7. The molecule has 2 rings (SSSR count). The molecule has 0 saturated carbocycles. The number of methoxy groups -OCH3 is 1. The van der Waals surface area contributed by atoms with E-state index in [4.69, 9.17) is 9.47 Å². The van der Waals surface area contributed by atoms with Crippen LogP contribution in [0.1, 0.15) is 13.3 Å². The molecule has 0 aliphatic rings. The minimum atomic E-state index is -0.0838. The molecule has 0 spiro atoms. The van der Waals surface area contributed by atoms with Gasteiger partial charge in [-0.25, -0.2) is 4.98 Å². The number of benzene rings is 1. The van der Waals surface area contributed by atoms with Crippen LogP contribution in [-0.2, 0) is 9.53 Å². The molecule has 19 heavy (non-hydrogen) atoms. The number of amides is 1. The molecule has 0 unspecified atom stereocenters. The van der Waals surface area contributed by atoms with Crippen LogP contribution in [0.3, 0.4) is 0 Å². The summed E-state index contributed by atoms with van der Waals surface area (Å²) in [6.07, 6.45) is 0.340. The van der Waals surface area contributed by atoms with Crippen molar-refractivity contribution < 1.29 is 14.3 Å². The number of aromatic nitrogens is 1. The molecule has 0 fully saturated rings. The molecule has 0 atom stereocenters. The quantitative estimate of drug-likeness (QED) is 0.826. The zero-order valence-corrected chi connectivity index (χ0v) is 11.8. The third-order valence-electron chi connectivity index (χ3n) is 2.52. The van der Waals surface area contributed by atoms with Crippen molar-refractivity contribution in [1.82, 2.24) is 4.98 Å². The monoisotopic (exact) mass is 280 g/mol. The Morgan fingerprint density at radius 1 is 1.47 bits per heavy atom. The maximum atomic E-state index is 11.6. The molecule has 5 nitrogen and oxygen atoms in total. The highest BCUT2D eigenvalue weighted by Gasteiger charge is 2.08. The van der Waals surface area contributed by atoms with Gasteiger partial charge in [-0.1, -0.05) is 11.3 Å². The Bertz CT molecular complexity index is 568. The molecule has 6 heteroatoms. The number of hydrogen-bond acceptors (Lipinski definition) is 5. The maximum Gasteiger partial charge on any atom is 0.228 e. The Morgan fingerprint density at radius 3 is 3.05 bits per heavy atom. The van der Waals surface area contributed by atoms with Gasteiger partial charge in [-0.3, -0.25) is 4.79 Å². The number of anilines is 1. The van der Waals surface area contributed by atoms with Crippen molar-refractivity contribution >= 4 is 32.6 Å². The molecule has 1 heterocycles. The molecule has 0 aliphatic carbocycles. The van der Waals surface area contributed by atoms with E-state index in [1.54, 1.807) is 7.11 Å². The summed E-state index contributed by atoms with van der Waals surface area (Å²) in [5.41, 5.74) is 0.853. The fraction of sp³-hybridized carbons (Fsp3) is 0.385. The van der Waals surface area contributed by atoms with Crippen LogP contribution in [0, 0.1) is 0 Å². The van der Waals surface area contributed by atoms with Crippen LogP contribution in [0.4, 0.5) is 5.13 Å². The van der Waals surface area contributed by atoms with Gasteiger partial charge in [-0.05, 0) is 25.1 Å². The van der Waals surface area contributed by atoms with E-state index in [2.05, 4.69) is 10.3 Å². The fourth-order valence-electron chi connectivity index (χ4n) is 1.58. The van der Waals surface area contributed by atoms with E-state index < -0.39 is 0 Å². The van der Waals surface area contributed by atoms with Crippen molar-refractivity contribution in [3.63, 3.8) is 0 Å². The van der Waals surface area contributed by atoms with Gasteiger partial charge in [-0.2, -0.15) is 0 Å². The standard InChI is InChI=1S/C13H16N2O3S/c1-3-18-7-6-12(16)15-13-14-10-5-4-9(17-2)8-11(10)19-13/h4-5,8H,3,6-7H2,1-2H3,(H,14,15,16).